The summed E-state index contributed by atoms with van der Waals surface area (Å²) in [4.78, 5) is 23.3. The summed E-state index contributed by atoms with van der Waals surface area (Å²) >= 11 is 0. The number of non-ortho nitro benzene ring substituents is 1. The number of carbonyl (C=O) groups is 1. The van der Waals surface area contributed by atoms with Crippen LogP contribution in [0.2, 0.25) is 0 Å². The summed E-state index contributed by atoms with van der Waals surface area (Å²) in [7, 11) is -3.50. The number of hydrogen-bond donors (Lipinski definition) is 1. The highest BCUT2D eigenvalue weighted by molar-refractivity contribution is 7.78. The third-order valence-corrected chi connectivity index (χ3v) is 8.13. The van der Waals surface area contributed by atoms with Crippen LogP contribution in [-0.4, -0.2) is 28.8 Å². The van der Waals surface area contributed by atoms with Gasteiger partial charge in [-0.1, -0.05) is 60.7 Å². The zero-order valence-corrected chi connectivity index (χ0v) is 17.8. The molecule has 0 fully saturated rings. The maximum absolute atomic E-state index is 14.4. The first-order chi connectivity index (χ1) is 14.8. The lowest BCUT2D eigenvalue weighted by molar-refractivity contribution is -0.384. The molecule has 0 aliphatic carbocycles. The number of esters is 1. The Labute approximate surface area is 179 Å². The standard InChI is InChI=1S/C23H22NO6P/c1-2-30-22(25)23(26,18-13-15-19(16-14-18)24(27)28)17-31(29,20-9-5-3-6-10-20)21-11-7-4-8-12-21/h3-16,26H,2,17H2,1H3. The molecule has 3 rings (SSSR count). The van der Waals surface area contributed by atoms with Crippen molar-refractivity contribution in [3.63, 3.8) is 0 Å². The average molecular weight is 439 g/mol. The first-order valence-corrected chi connectivity index (χ1v) is 11.6. The van der Waals surface area contributed by atoms with Gasteiger partial charge in [0, 0.05) is 22.7 Å². The van der Waals surface area contributed by atoms with Gasteiger partial charge in [0.05, 0.1) is 17.7 Å². The molecule has 0 radical (unpaired) electrons. The zero-order valence-electron chi connectivity index (χ0n) is 16.9. The number of carbonyl (C=O) groups excluding carboxylic acids is 1. The van der Waals surface area contributed by atoms with Crippen LogP contribution in [0.4, 0.5) is 5.69 Å². The maximum atomic E-state index is 14.4. The van der Waals surface area contributed by atoms with Crippen LogP contribution in [0.15, 0.2) is 84.9 Å². The molecule has 0 aliphatic heterocycles. The fraction of sp³-hybridized carbons (Fsp3) is 0.174. The van der Waals surface area contributed by atoms with Gasteiger partial charge in [0.15, 0.2) is 5.60 Å². The Morgan fingerprint density at radius 1 is 0.968 bits per heavy atom. The van der Waals surface area contributed by atoms with Crippen LogP contribution < -0.4 is 10.6 Å². The van der Waals surface area contributed by atoms with E-state index in [-0.39, 0.29) is 17.9 Å². The lowest BCUT2D eigenvalue weighted by Crippen LogP contribution is -2.43. The van der Waals surface area contributed by atoms with Gasteiger partial charge in [-0.05, 0) is 24.6 Å². The van der Waals surface area contributed by atoms with Gasteiger partial charge in [-0.2, -0.15) is 0 Å². The number of ether oxygens (including phenoxy) is 1. The Morgan fingerprint density at radius 2 is 1.45 bits per heavy atom. The molecule has 1 N–H and O–H groups in total. The fourth-order valence-corrected chi connectivity index (χ4v) is 6.30. The molecule has 0 saturated carbocycles. The first-order valence-electron chi connectivity index (χ1n) is 9.66. The van der Waals surface area contributed by atoms with Crippen molar-refractivity contribution in [3.8, 4) is 0 Å². The molecule has 0 saturated heterocycles. The van der Waals surface area contributed by atoms with E-state index in [4.69, 9.17) is 4.74 Å². The van der Waals surface area contributed by atoms with Crippen LogP contribution in [-0.2, 0) is 19.7 Å². The zero-order chi connectivity index (χ0) is 22.5. The van der Waals surface area contributed by atoms with Gasteiger partial charge in [-0.25, -0.2) is 4.79 Å². The van der Waals surface area contributed by atoms with Crippen molar-refractivity contribution in [3.05, 3.63) is 101 Å². The van der Waals surface area contributed by atoms with Crippen LogP contribution in [0.1, 0.15) is 12.5 Å². The van der Waals surface area contributed by atoms with Crippen molar-refractivity contribution in [1.29, 1.82) is 0 Å². The number of rotatable bonds is 8. The molecule has 0 aliphatic rings. The molecule has 1 atom stereocenters. The van der Waals surface area contributed by atoms with Gasteiger partial charge in [-0.15, -0.1) is 0 Å². The molecule has 0 aromatic heterocycles. The maximum Gasteiger partial charge on any atom is 0.343 e. The van der Waals surface area contributed by atoms with Gasteiger partial charge >= 0.3 is 5.97 Å². The van der Waals surface area contributed by atoms with E-state index < -0.39 is 29.8 Å². The highest BCUT2D eigenvalue weighted by Gasteiger charge is 2.47. The number of hydrogen-bond acceptors (Lipinski definition) is 6. The number of nitro groups is 1. The Balaban J connectivity index is 2.16. The molecule has 0 spiro atoms. The van der Waals surface area contributed by atoms with Crippen LogP contribution in [0.5, 0.6) is 0 Å². The van der Waals surface area contributed by atoms with E-state index in [0.717, 1.165) is 0 Å². The van der Waals surface area contributed by atoms with Gasteiger partial charge in [-0.3, -0.25) is 10.1 Å². The summed E-state index contributed by atoms with van der Waals surface area (Å²) in [6.45, 7) is 1.61. The molecule has 1 unspecified atom stereocenters. The number of benzene rings is 3. The lowest BCUT2D eigenvalue weighted by atomic mass is 9.95. The van der Waals surface area contributed by atoms with E-state index in [0.29, 0.717) is 10.6 Å². The second-order valence-corrected chi connectivity index (χ2v) is 9.78. The van der Waals surface area contributed by atoms with Crippen LogP contribution in [0, 0.1) is 10.1 Å². The number of nitro benzene ring substituents is 1. The third-order valence-electron chi connectivity index (χ3n) is 4.97. The molecular formula is C23H22NO6P. The minimum atomic E-state index is -3.50. The Kier molecular flexibility index (Phi) is 6.68. The fourth-order valence-electron chi connectivity index (χ4n) is 3.37. The van der Waals surface area contributed by atoms with Crippen LogP contribution in [0.3, 0.4) is 0 Å². The Bertz CT molecular complexity index is 1060. The molecule has 3 aromatic carbocycles. The molecular weight excluding hydrogens is 417 g/mol. The summed E-state index contributed by atoms with van der Waals surface area (Å²) < 4.78 is 19.5. The topological polar surface area (TPSA) is 107 Å². The van der Waals surface area contributed by atoms with Crippen molar-refractivity contribution in [2.45, 2.75) is 12.5 Å². The van der Waals surface area contributed by atoms with E-state index in [1.54, 1.807) is 67.6 Å². The van der Waals surface area contributed by atoms with Crippen molar-refractivity contribution >= 4 is 29.4 Å². The molecule has 0 bridgehead atoms. The van der Waals surface area contributed by atoms with Crippen molar-refractivity contribution in [1.82, 2.24) is 0 Å². The number of nitrogens with zero attached hydrogens (tertiary/aromatic N) is 1. The van der Waals surface area contributed by atoms with E-state index in [1.807, 2.05) is 0 Å². The quantitative estimate of drug-likeness (QED) is 0.250. The highest BCUT2D eigenvalue weighted by Crippen LogP contribution is 2.49. The molecule has 31 heavy (non-hydrogen) atoms. The van der Waals surface area contributed by atoms with E-state index in [1.165, 1.54) is 24.3 Å². The minimum absolute atomic E-state index is 0.00903. The molecule has 3 aromatic rings. The van der Waals surface area contributed by atoms with Gasteiger partial charge in [0.2, 0.25) is 0 Å². The Morgan fingerprint density at radius 3 is 1.87 bits per heavy atom. The highest BCUT2D eigenvalue weighted by atomic mass is 31.2. The SMILES string of the molecule is CCOC(=O)C(O)(CP(=O)(c1ccccc1)c1ccccc1)c1ccc([N+](=O)[O-])cc1. The van der Waals surface area contributed by atoms with E-state index in [2.05, 4.69) is 0 Å². The van der Waals surface area contributed by atoms with Crippen LogP contribution >= 0.6 is 7.14 Å². The van der Waals surface area contributed by atoms with Crippen molar-refractivity contribution < 1.29 is 24.1 Å². The second-order valence-electron chi connectivity index (χ2n) is 6.95. The average Bonchev–Trinajstić information content (AvgIpc) is 2.80. The number of aliphatic hydroxyl groups is 1. The summed E-state index contributed by atoms with van der Waals surface area (Å²) in [5, 5.41) is 23.5. The molecule has 0 heterocycles. The lowest BCUT2D eigenvalue weighted by Gasteiger charge is -2.31. The van der Waals surface area contributed by atoms with E-state index >= 15 is 0 Å². The third kappa shape index (κ3) is 4.58. The van der Waals surface area contributed by atoms with Gasteiger partial charge in [0.25, 0.3) is 5.69 Å². The van der Waals surface area contributed by atoms with Crippen LogP contribution in [0.25, 0.3) is 0 Å². The van der Waals surface area contributed by atoms with Gasteiger partial charge in [0.1, 0.15) is 7.14 Å². The first kappa shape index (κ1) is 22.4. The van der Waals surface area contributed by atoms with Crippen molar-refractivity contribution in [2.75, 3.05) is 12.8 Å². The second kappa shape index (κ2) is 9.25. The minimum Gasteiger partial charge on any atom is -0.464 e. The summed E-state index contributed by atoms with van der Waals surface area (Å²) in [5.41, 5.74) is -2.39. The molecule has 0 amide bonds. The Hall–Kier alpha value is -3.28. The smallest absolute Gasteiger partial charge is 0.343 e. The van der Waals surface area contributed by atoms with Gasteiger partial charge < -0.3 is 14.4 Å². The predicted molar refractivity (Wildman–Crippen MR) is 118 cm³/mol. The summed E-state index contributed by atoms with van der Waals surface area (Å²) in [6.07, 6.45) is -0.454. The summed E-state index contributed by atoms with van der Waals surface area (Å²) in [6, 6.07) is 22.2. The van der Waals surface area contributed by atoms with Crippen molar-refractivity contribution in [2.24, 2.45) is 0 Å². The van der Waals surface area contributed by atoms with E-state index in [9.17, 15) is 24.6 Å². The normalized spacial score (nSPS) is 13.2. The predicted octanol–water partition coefficient (Wildman–Crippen LogP) is 3.36. The molecule has 7 nitrogen and oxygen atoms in total. The monoisotopic (exact) mass is 439 g/mol. The largest absolute Gasteiger partial charge is 0.464 e. The molecule has 8 heteroatoms. The summed E-state index contributed by atoms with van der Waals surface area (Å²) in [5.74, 6) is -0.962. The molecule has 160 valence electrons.